The summed E-state index contributed by atoms with van der Waals surface area (Å²) in [5, 5.41) is 55.1. The maximum Gasteiger partial charge on any atom is 0.152 e. The minimum absolute atomic E-state index is 0.307. The molecule has 0 spiro atoms. The van der Waals surface area contributed by atoms with Gasteiger partial charge in [0.1, 0.15) is 24.4 Å². The highest BCUT2D eigenvalue weighted by Gasteiger charge is 2.33. The van der Waals surface area contributed by atoms with Gasteiger partial charge in [-0.1, -0.05) is 0 Å². The fourth-order valence-electron chi connectivity index (χ4n) is 1.26. The van der Waals surface area contributed by atoms with Gasteiger partial charge in [0, 0.05) is 0 Å². The van der Waals surface area contributed by atoms with Gasteiger partial charge in [0.15, 0.2) is 12.6 Å². The van der Waals surface area contributed by atoms with E-state index in [0.29, 0.717) is 0 Å². The normalized spacial score (nSPS) is 22.0. The van der Waals surface area contributed by atoms with Crippen LogP contribution in [0.1, 0.15) is 13.8 Å². The van der Waals surface area contributed by atoms with E-state index < -0.39 is 43.6 Å². The number of aliphatic hydroxyl groups is 6. The van der Waals surface area contributed by atoms with Crippen LogP contribution in [0.3, 0.4) is 0 Å². The van der Waals surface area contributed by atoms with Crippen molar-refractivity contribution in [1.29, 1.82) is 0 Å². The summed E-state index contributed by atoms with van der Waals surface area (Å²) < 4.78 is 9.69. The van der Waals surface area contributed by atoms with Crippen molar-refractivity contribution in [3.8, 4) is 0 Å². The molecule has 110 valence electrons. The Morgan fingerprint density at radius 3 is 1.83 bits per heavy atom. The average molecular weight is 270 g/mol. The summed E-state index contributed by atoms with van der Waals surface area (Å²) in [6.07, 6.45) is -8.34. The first kappa shape index (κ1) is 17.7. The number of ether oxygens (including phenoxy) is 2. The molecule has 0 aliphatic heterocycles. The smallest absolute Gasteiger partial charge is 0.152 e. The molecule has 0 aliphatic carbocycles. The van der Waals surface area contributed by atoms with Crippen LogP contribution in [0, 0.1) is 0 Å². The van der Waals surface area contributed by atoms with Gasteiger partial charge in [-0.05, 0) is 13.8 Å². The van der Waals surface area contributed by atoms with Crippen molar-refractivity contribution >= 4 is 0 Å². The Morgan fingerprint density at radius 2 is 1.44 bits per heavy atom. The first-order valence-electron chi connectivity index (χ1n) is 5.57. The van der Waals surface area contributed by atoms with E-state index in [2.05, 4.69) is 0 Å². The standard InChI is InChI=1S/C10H22O8/c1-5(12)17-4-8(18-6(2)13)10(16)9(15)7(14)3-11/h5-16H,3-4H2,1-2H3/t5?,6?,7-,8-,9-,10-/m1/s1. The number of hydrogen-bond donors (Lipinski definition) is 6. The molecule has 0 saturated carbocycles. The zero-order chi connectivity index (χ0) is 14.3. The molecule has 0 aromatic heterocycles. The van der Waals surface area contributed by atoms with E-state index in [-0.39, 0.29) is 6.61 Å². The summed E-state index contributed by atoms with van der Waals surface area (Å²) in [4.78, 5) is 0. The molecule has 8 heteroatoms. The van der Waals surface area contributed by atoms with Crippen LogP contribution in [0.4, 0.5) is 0 Å². The van der Waals surface area contributed by atoms with E-state index in [4.69, 9.17) is 24.8 Å². The van der Waals surface area contributed by atoms with Crippen LogP contribution < -0.4 is 0 Å². The summed E-state index contributed by atoms with van der Waals surface area (Å²) >= 11 is 0. The molecule has 0 heterocycles. The second kappa shape index (κ2) is 8.73. The van der Waals surface area contributed by atoms with Gasteiger partial charge >= 0.3 is 0 Å². The fraction of sp³-hybridized carbons (Fsp3) is 1.00. The topological polar surface area (TPSA) is 140 Å². The second-order valence-electron chi connectivity index (χ2n) is 3.94. The highest BCUT2D eigenvalue weighted by Crippen LogP contribution is 2.11. The van der Waals surface area contributed by atoms with Crippen molar-refractivity contribution in [2.45, 2.75) is 50.8 Å². The lowest BCUT2D eigenvalue weighted by atomic mass is 10.0. The van der Waals surface area contributed by atoms with Crippen molar-refractivity contribution in [1.82, 2.24) is 0 Å². The van der Waals surface area contributed by atoms with Crippen LogP contribution in [-0.2, 0) is 9.47 Å². The molecular formula is C10H22O8. The quantitative estimate of drug-likeness (QED) is 0.246. The molecule has 6 N–H and O–H groups in total. The Labute approximate surface area is 105 Å². The molecule has 0 aromatic rings. The van der Waals surface area contributed by atoms with Gasteiger partial charge in [-0.2, -0.15) is 0 Å². The minimum atomic E-state index is -1.67. The van der Waals surface area contributed by atoms with Gasteiger partial charge in [0.25, 0.3) is 0 Å². The van der Waals surface area contributed by atoms with Crippen molar-refractivity contribution in [2.24, 2.45) is 0 Å². The van der Waals surface area contributed by atoms with Gasteiger partial charge in [-0.15, -0.1) is 0 Å². The zero-order valence-electron chi connectivity index (χ0n) is 10.4. The third-order valence-electron chi connectivity index (χ3n) is 2.19. The second-order valence-corrected chi connectivity index (χ2v) is 3.94. The Morgan fingerprint density at radius 1 is 0.889 bits per heavy atom. The first-order valence-corrected chi connectivity index (χ1v) is 5.57. The highest BCUT2D eigenvalue weighted by molar-refractivity contribution is 4.81. The molecule has 0 radical (unpaired) electrons. The zero-order valence-corrected chi connectivity index (χ0v) is 10.4. The molecular weight excluding hydrogens is 248 g/mol. The Bertz CT molecular complexity index is 210. The van der Waals surface area contributed by atoms with E-state index in [9.17, 15) is 15.3 Å². The first-order chi connectivity index (χ1) is 8.29. The largest absolute Gasteiger partial charge is 0.394 e. The summed E-state index contributed by atoms with van der Waals surface area (Å²) in [5.74, 6) is 0. The van der Waals surface area contributed by atoms with Gasteiger partial charge in [-0.3, -0.25) is 0 Å². The number of rotatable bonds is 9. The average Bonchev–Trinajstić information content (AvgIpc) is 2.30. The highest BCUT2D eigenvalue weighted by atomic mass is 16.6. The molecule has 0 saturated heterocycles. The Kier molecular flexibility index (Phi) is 8.57. The van der Waals surface area contributed by atoms with Crippen LogP contribution in [0.2, 0.25) is 0 Å². The van der Waals surface area contributed by atoms with E-state index in [1.54, 1.807) is 0 Å². The third-order valence-corrected chi connectivity index (χ3v) is 2.19. The van der Waals surface area contributed by atoms with Crippen molar-refractivity contribution in [2.75, 3.05) is 13.2 Å². The minimum Gasteiger partial charge on any atom is -0.394 e. The monoisotopic (exact) mass is 270 g/mol. The molecule has 0 aliphatic rings. The van der Waals surface area contributed by atoms with Gasteiger partial charge < -0.3 is 40.1 Å². The molecule has 6 atom stereocenters. The van der Waals surface area contributed by atoms with E-state index in [0.717, 1.165) is 0 Å². The van der Waals surface area contributed by atoms with Crippen molar-refractivity contribution < 1.29 is 40.1 Å². The summed E-state index contributed by atoms with van der Waals surface area (Å²) in [6, 6.07) is 0. The van der Waals surface area contributed by atoms with Crippen LogP contribution in [0.5, 0.6) is 0 Å². The molecule has 0 bridgehead atoms. The van der Waals surface area contributed by atoms with Crippen LogP contribution in [0.15, 0.2) is 0 Å². The molecule has 2 unspecified atom stereocenters. The SMILES string of the molecule is CC(O)OC[C@@H](OC(C)O)[C@@H](O)[C@H](O)[C@H](O)CO. The molecule has 18 heavy (non-hydrogen) atoms. The third kappa shape index (κ3) is 6.57. The van der Waals surface area contributed by atoms with Crippen LogP contribution in [-0.4, -0.2) is 80.8 Å². The van der Waals surface area contributed by atoms with Gasteiger partial charge in [-0.25, -0.2) is 0 Å². The summed E-state index contributed by atoms with van der Waals surface area (Å²) in [5.41, 5.74) is 0. The Balaban J connectivity index is 4.51. The van der Waals surface area contributed by atoms with Crippen LogP contribution in [0.25, 0.3) is 0 Å². The van der Waals surface area contributed by atoms with E-state index in [1.807, 2.05) is 0 Å². The molecule has 8 nitrogen and oxygen atoms in total. The fourth-order valence-corrected chi connectivity index (χ4v) is 1.26. The lowest BCUT2D eigenvalue weighted by molar-refractivity contribution is -0.215. The Hall–Kier alpha value is -0.320. The number of hydrogen-bond acceptors (Lipinski definition) is 8. The lowest BCUT2D eigenvalue weighted by Crippen LogP contribution is -2.49. The van der Waals surface area contributed by atoms with Crippen molar-refractivity contribution in [3.63, 3.8) is 0 Å². The predicted molar refractivity (Wildman–Crippen MR) is 59.3 cm³/mol. The van der Waals surface area contributed by atoms with Gasteiger partial charge in [0.05, 0.1) is 13.2 Å². The molecule has 0 amide bonds. The molecule has 0 rings (SSSR count). The molecule has 0 fully saturated rings. The lowest BCUT2D eigenvalue weighted by Gasteiger charge is -2.29. The van der Waals surface area contributed by atoms with Crippen molar-refractivity contribution in [3.05, 3.63) is 0 Å². The van der Waals surface area contributed by atoms with E-state index >= 15 is 0 Å². The number of aliphatic hydroxyl groups excluding tert-OH is 6. The van der Waals surface area contributed by atoms with E-state index in [1.165, 1.54) is 13.8 Å². The predicted octanol–water partition coefficient (Wildman–Crippen LogP) is -2.86. The molecule has 0 aromatic carbocycles. The van der Waals surface area contributed by atoms with Crippen LogP contribution >= 0.6 is 0 Å². The van der Waals surface area contributed by atoms with Gasteiger partial charge in [0.2, 0.25) is 0 Å². The summed E-state index contributed by atoms with van der Waals surface area (Å²) in [7, 11) is 0. The maximum absolute atomic E-state index is 9.72. The summed E-state index contributed by atoms with van der Waals surface area (Å²) in [6.45, 7) is 1.58. The maximum atomic E-state index is 9.72.